The fourth-order valence-corrected chi connectivity index (χ4v) is 2.46. The zero-order chi connectivity index (χ0) is 12.1. The lowest BCUT2D eigenvalue weighted by atomic mass is 10.2. The smallest absolute Gasteiger partial charge is 0.0992 e. The van der Waals surface area contributed by atoms with Gasteiger partial charge in [-0.1, -0.05) is 17.7 Å². The van der Waals surface area contributed by atoms with Gasteiger partial charge in [0.15, 0.2) is 0 Å². The van der Waals surface area contributed by atoms with Gasteiger partial charge in [-0.25, -0.2) is 0 Å². The van der Waals surface area contributed by atoms with Gasteiger partial charge in [0, 0.05) is 11.4 Å². The number of nitriles is 1. The number of nitrogens with zero attached hydrogens (tertiary/aromatic N) is 1. The molecular weight excluding hydrogens is 252 g/mol. The second-order valence-electron chi connectivity index (χ2n) is 3.56. The first-order chi connectivity index (χ1) is 8.29. The molecule has 0 saturated carbocycles. The number of thiophene rings is 1. The standard InChI is InChI=1S/C13H11ClN2S/c14-12-8-10(9-15)3-4-13(12)16-6-5-11-2-1-7-17-11/h1-4,7-8,16H,5-6H2. The SMILES string of the molecule is N#Cc1ccc(NCCc2cccs2)c(Cl)c1. The Morgan fingerprint density at radius 3 is 2.88 bits per heavy atom. The maximum Gasteiger partial charge on any atom is 0.0992 e. The van der Waals surface area contributed by atoms with Gasteiger partial charge < -0.3 is 5.32 Å². The summed E-state index contributed by atoms with van der Waals surface area (Å²) in [5, 5.41) is 14.7. The van der Waals surface area contributed by atoms with Crippen molar-refractivity contribution in [2.24, 2.45) is 0 Å². The fraction of sp³-hybridized carbons (Fsp3) is 0.154. The van der Waals surface area contributed by atoms with Gasteiger partial charge >= 0.3 is 0 Å². The van der Waals surface area contributed by atoms with Gasteiger partial charge in [-0.2, -0.15) is 5.26 Å². The third kappa shape index (κ3) is 3.23. The molecule has 0 atom stereocenters. The Balaban J connectivity index is 1.93. The molecule has 1 heterocycles. The topological polar surface area (TPSA) is 35.8 Å². The minimum atomic E-state index is 0.582. The Hall–Kier alpha value is -1.50. The van der Waals surface area contributed by atoms with Gasteiger partial charge in [0.25, 0.3) is 0 Å². The van der Waals surface area contributed by atoms with E-state index in [9.17, 15) is 0 Å². The quantitative estimate of drug-likeness (QED) is 0.906. The number of hydrogen-bond donors (Lipinski definition) is 1. The number of nitrogens with one attached hydrogen (secondary N) is 1. The molecule has 0 aliphatic heterocycles. The van der Waals surface area contributed by atoms with Crippen molar-refractivity contribution in [3.63, 3.8) is 0 Å². The zero-order valence-electron chi connectivity index (χ0n) is 9.11. The van der Waals surface area contributed by atoms with Crippen LogP contribution in [0, 0.1) is 11.3 Å². The number of halogens is 1. The van der Waals surface area contributed by atoms with E-state index in [1.54, 1.807) is 23.5 Å². The van der Waals surface area contributed by atoms with E-state index in [0.717, 1.165) is 18.7 Å². The maximum absolute atomic E-state index is 8.73. The Bertz CT molecular complexity index is 529. The largest absolute Gasteiger partial charge is 0.383 e. The van der Waals surface area contributed by atoms with E-state index in [1.165, 1.54) is 4.88 Å². The highest BCUT2D eigenvalue weighted by Gasteiger charge is 2.01. The van der Waals surface area contributed by atoms with Crippen LogP contribution in [-0.4, -0.2) is 6.54 Å². The Morgan fingerprint density at radius 1 is 1.35 bits per heavy atom. The molecule has 1 N–H and O–H groups in total. The second-order valence-corrected chi connectivity index (χ2v) is 5.00. The molecule has 2 nitrogen and oxygen atoms in total. The van der Waals surface area contributed by atoms with Gasteiger partial charge in [-0.3, -0.25) is 0 Å². The molecular formula is C13H11ClN2S. The lowest BCUT2D eigenvalue weighted by molar-refractivity contribution is 1.04. The van der Waals surface area contributed by atoms with E-state index in [4.69, 9.17) is 16.9 Å². The average molecular weight is 263 g/mol. The van der Waals surface area contributed by atoms with Crippen LogP contribution in [-0.2, 0) is 6.42 Å². The summed E-state index contributed by atoms with van der Waals surface area (Å²) < 4.78 is 0. The van der Waals surface area contributed by atoms with Gasteiger partial charge in [-0.15, -0.1) is 11.3 Å². The maximum atomic E-state index is 8.73. The van der Waals surface area contributed by atoms with E-state index in [-0.39, 0.29) is 0 Å². The summed E-state index contributed by atoms with van der Waals surface area (Å²) in [5.41, 5.74) is 1.46. The van der Waals surface area contributed by atoms with Crippen molar-refractivity contribution >= 4 is 28.6 Å². The molecule has 2 aromatic rings. The van der Waals surface area contributed by atoms with Crippen LogP contribution < -0.4 is 5.32 Å². The van der Waals surface area contributed by atoms with Crippen LogP contribution in [0.2, 0.25) is 5.02 Å². The van der Waals surface area contributed by atoms with E-state index < -0.39 is 0 Å². The number of hydrogen-bond acceptors (Lipinski definition) is 3. The molecule has 0 aliphatic rings. The Kier molecular flexibility index (Phi) is 4.03. The van der Waals surface area contributed by atoms with Crippen LogP contribution in [0.5, 0.6) is 0 Å². The summed E-state index contributed by atoms with van der Waals surface area (Å²) in [5.74, 6) is 0. The molecule has 0 bridgehead atoms. The molecule has 0 radical (unpaired) electrons. The van der Waals surface area contributed by atoms with E-state index in [1.807, 2.05) is 6.07 Å². The molecule has 0 amide bonds. The van der Waals surface area contributed by atoms with Crippen molar-refractivity contribution in [1.82, 2.24) is 0 Å². The average Bonchev–Trinajstić information content (AvgIpc) is 2.84. The predicted octanol–water partition coefficient (Wildman–Crippen LogP) is 3.93. The van der Waals surface area contributed by atoms with Crippen molar-refractivity contribution in [2.45, 2.75) is 6.42 Å². The minimum Gasteiger partial charge on any atom is -0.383 e. The van der Waals surface area contributed by atoms with Crippen LogP contribution >= 0.6 is 22.9 Å². The summed E-state index contributed by atoms with van der Waals surface area (Å²) in [6.45, 7) is 0.839. The summed E-state index contributed by atoms with van der Waals surface area (Å²) in [4.78, 5) is 1.35. The normalized spacial score (nSPS) is 9.88. The molecule has 0 aliphatic carbocycles. The van der Waals surface area contributed by atoms with Crippen molar-refractivity contribution in [3.8, 4) is 6.07 Å². The molecule has 0 fully saturated rings. The summed E-state index contributed by atoms with van der Waals surface area (Å²) in [6.07, 6.45) is 0.980. The third-order valence-electron chi connectivity index (χ3n) is 2.37. The lowest BCUT2D eigenvalue weighted by Crippen LogP contribution is -2.04. The molecule has 4 heteroatoms. The van der Waals surface area contributed by atoms with E-state index >= 15 is 0 Å². The van der Waals surface area contributed by atoms with Gasteiger partial charge in [0.05, 0.1) is 22.3 Å². The second kappa shape index (κ2) is 5.72. The first-order valence-corrected chi connectivity index (χ1v) is 6.51. The molecule has 0 saturated heterocycles. The van der Waals surface area contributed by atoms with Crippen molar-refractivity contribution < 1.29 is 0 Å². The number of rotatable bonds is 4. The highest BCUT2D eigenvalue weighted by Crippen LogP contribution is 2.22. The third-order valence-corrected chi connectivity index (χ3v) is 3.61. The Morgan fingerprint density at radius 2 is 2.24 bits per heavy atom. The van der Waals surface area contributed by atoms with E-state index in [2.05, 4.69) is 28.9 Å². The lowest BCUT2D eigenvalue weighted by Gasteiger charge is -2.07. The summed E-state index contributed by atoms with van der Waals surface area (Å²) in [7, 11) is 0. The van der Waals surface area contributed by atoms with E-state index in [0.29, 0.717) is 10.6 Å². The molecule has 0 unspecified atom stereocenters. The first kappa shape index (κ1) is 12.0. The highest BCUT2D eigenvalue weighted by molar-refractivity contribution is 7.09. The van der Waals surface area contributed by atoms with Crippen LogP contribution in [0.4, 0.5) is 5.69 Å². The predicted molar refractivity (Wildman–Crippen MR) is 72.7 cm³/mol. The highest BCUT2D eigenvalue weighted by atomic mass is 35.5. The number of benzene rings is 1. The van der Waals surface area contributed by atoms with Crippen molar-refractivity contribution in [1.29, 1.82) is 5.26 Å². The number of anilines is 1. The molecule has 1 aromatic carbocycles. The van der Waals surface area contributed by atoms with Crippen LogP contribution in [0.25, 0.3) is 0 Å². The van der Waals surface area contributed by atoms with Crippen LogP contribution in [0.1, 0.15) is 10.4 Å². The molecule has 86 valence electrons. The summed E-state index contributed by atoms with van der Waals surface area (Å²) in [6, 6.07) is 11.5. The fourth-order valence-electron chi connectivity index (χ4n) is 1.50. The molecule has 0 spiro atoms. The first-order valence-electron chi connectivity index (χ1n) is 5.25. The monoisotopic (exact) mass is 262 g/mol. The molecule has 1 aromatic heterocycles. The zero-order valence-corrected chi connectivity index (χ0v) is 10.7. The van der Waals surface area contributed by atoms with Crippen LogP contribution in [0.15, 0.2) is 35.7 Å². The minimum absolute atomic E-state index is 0.582. The van der Waals surface area contributed by atoms with Gasteiger partial charge in [-0.05, 0) is 36.1 Å². The molecule has 2 rings (SSSR count). The summed E-state index contributed by atoms with van der Waals surface area (Å²) >= 11 is 7.81. The van der Waals surface area contributed by atoms with Crippen molar-refractivity contribution in [2.75, 3.05) is 11.9 Å². The van der Waals surface area contributed by atoms with Crippen molar-refractivity contribution in [3.05, 3.63) is 51.2 Å². The van der Waals surface area contributed by atoms with Gasteiger partial charge in [0.2, 0.25) is 0 Å². The Labute approximate surface area is 109 Å². The molecule has 17 heavy (non-hydrogen) atoms. The van der Waals surface area contributed by atoms with Gasteiger partial charge in [0.1, 0.15) is 0 Å². The van der Waals surface area contributed by atoms with Crippen LogP contribution in [0.3, 0.4) is 0 Å².